The minimum atomic E-state index is -0.309. The first-order valence-corrected chi connectivity index (χ1v) is 8.17. The predicted molar refractivity (Wildman–Crippen MR) is 84.6 cm³/mol. The van der Waals surface area contributed by atoms with E-state index < -0.39 is 0 Å². The molecular formula is C17H20FN3O3. The number of amides is 1. The molecule has 1 atom stereocenters. The van der Waals surface area contributed by atoms with Crippen LogP contribution >= 0.6 is 0 Å². The Kier molecular flexibility index (Phi) is 5.53. The summed E-state index contributed by atoms with van der Waals surface area (Å²) in [6.07, 6.45) is 3.79. The average Bonchev–Trinajstić information content (AvgIpc) is 3.25. The molecule has 1 aliphatic rings. The van der Waals surface area contributed by atoms with Crippen molar-refractivity contribution in [3.63, 3.8) is 0 Å². The van der Waals surface area contributed by atoms with E-state index >= 15 is 0 Å². The zero-order valence-corrected chi connectivity index (χ0v) is 13.3. The molecule has 1 aliphatic heterocycles. The number of nitrogens with one attached hydrogen (secondary N) is 1. The number of carbonyl (C=O) groups is 1. The number of halogens is 1. The van der Waals surface area contributed by atoms with Crippen molar-refractivity contribution in [2.75, 3.05) is 13.2 Å². The molecule has 1 aromatic heterocycles. The lowest BCUT2D eigenvalue weighted by Crippen LogP contribution is -2.31. The van der Waals surface area contributed by atoms with Crippen LogP contribution in [0.25, 0.3) is 11.4 Å². The van der Waals surface area contributed by atoms with Gasteiger partial charge in [-0.2, -0.15) is 4.98 Å². The molecule has 0 spiro atoms. The molecule has 7 heteroatoms. The van der Waals surface area contributed by atoms with Crippen LogP contribution in [0.1, 0.15) is 31.6 Å². The largest absolute Gasteiger partial charge is 0.376 e. The van der Waals surface area contributed by atoms with Gasteiger partial charge in [-0.05, 0) is 43.5 Å². The molecule has 0 bridgehead atoms. The van der Waals surface area contributed by atoms with Crippen molar-refractivity contribution in [1.29, 1.82) is 0 Å². The number of hydrogen-bond donors (Lipinski definition) is 1. The molecule has 0 unspecified atom stereocenters. The standard InChI is InChI=1S/C17H20FN3O3/c18-13-8-6-12(7-9-13)17-20-16(24-21-17)5-1-4-15(22)19-11-14-3-2-10-23-14/h6-9,14H,1-5,10-11H2,(H,19,22)/t14-/m0/s1. The Morgan fingerprint density at radius 3 is 2.92 bits per heavy atom. The Balaban J connectivity index is 1.40. The monoisotopic (exact) mass is 333 g/mol. The lowest BCUT2D eigenvalue weighted by molar-refractivity contribution is -0.121. The van der Waals surface area contributed by atoms with E-state index in [1.54, 1.807) is 12.1 Å². The van der Waals surface area contributed by atoms with Crippen molar-refractivity contribution < 1.29 is 18.4 Å². The van der Waals surface area contributed by atoms with Gasteiger partial charge in [0.1, 0.15) is 5.82 Å². The van der Waals surface area contributed by atoms with E-state index in [-0.39, 0.29) is 17.8 Å². The van der Waals surface area contributed by atoms with Gasteiger partial charge in [0.2, 0.25) is 17.6 Å². The van der Waals surface area contributed by atoms with Gasteiger partial charge < -0.3 is 14.6 Å². The van der Waals surface area contributed by atoms with Crippen LogP contribution in [0.2, 0.25) is 0 Å². The highest BCUT2D eigenvalue weighted by atomic mass is 19.1. The van der Waals surface area contributed by atoms with E-state index in [1.807, 2.05) is 0 Å². The smallest absolute Gasteiger partial charge is 0.226 e. The SMILES string of the molecule is O=C(CCCc1nc(-c2ccc(F)cc2)no1)NC[C@@H]1CCCO1. The molecule has 0 aliphatic carbocycles. The third-order valence-electron chi connectivity index (χ3n) is 3.92. The molecule has 0 radical (unpaired) electrons. The second-order valence-corrected chi connectivity index (χ2v) is 5.81. The molecule has 6 nitrogen and oxygen atoms in total. The van der Waals surface area contributed by atoms with Crippen LogP contribution in [0.3, 0.4) is 0 Å². The molecule has 128 valence electrons. The van der Waals surface area contributed by atoms with Gasteiger partial charge in [0, 0.05) is 31.6 Å². The topological polar surface area (TPSA) is 77.2 Å². The first kappa shape index (κ1) is 16.6. The Morgan fingerprint density at radius 1 is 1.33 bits per heavy atom. The Hall–Kier alpha value is -2.28. The highest BCUT2D eigenvalue weighted by Crippen LogP contribution is 2.17. The number of nitrogens with zero attached hydrogens (tertiary/aromatic N) is 2. The highest BCUT2D eigenvalue weighted by Gasteiger charge is 2.16. The van der Waals surface area contributed by atoms with Crippen LogP contribution in [-0.4, -0.2) is 35.3 Å². The van der Waals surface area contributed by atoms with Gasteiger partial charge >= 0.3 is 0 Å². The number of carbonyl (C=O) groups excluding carboxylic acids is 1. The number of rotatable bonds is 7. The van der Waals surface area contributed by atoms with Gasteiger partial charge in [0.05, 0.1) is 6.10 Å². The predicted octanol–water partition coefficient (Wildman–Crippen LogP) is 2.49. The van der Waals surface area contributed by atoms with E-state index in [4.69, 9.17) is 9.26 Å². The Bertz CT molecular complexity index is 666. The quantitative estimate of drug-likeness (QED) is 0.842. The zero-order chi connectivity index (χ0) is 16.8. The Labute approximate surface area is 139 Å². The van der Waals surface area contributed by atoms with E-state index in [0.29, 0.717) is 43.1 Å². The fourth-order valence-corrected chi connectivity index (χ4v) is 2.59. The lowest BCUT2D eigenvalue weighted by Gasteiger charge is -2.10. The van der Waals surface area contributed by atoms with Crippen LogP contribution < -0.4 is 5.32 Å². The highest BCUT2D eigenvalue weighted by molar-refractivity contribution is 5.75. The number of benzene rings is 1. The van der Waals surface area contributed by atoms with Crippen LogP contribution in [-0.2, 0) is 16.0 Å². The third kappa shape index (κ3) is 4.61. The van der Waals surface area contributed by atoms with Gasteiger partial charge in [0.25, 0.3) is 0 Å². The molecule has 1 saturated heterocycles. The maximum absolute atomic E-state index is 12.9. The van der Waals surface area contributed by atoms with Crippen molar-refractivity contribution in [3.05, 3.63) is 36.0 Å². The minimum Gasteiger partial charge on any atom is -0.376 e. The summed E-state index contributed by atoms with van der Waals surface area (Å²) in [4.78, 5) is 16.0. The molecule has 24 heavy (non-hydrogen) atoms. The summed E-state index contributed by atoms with van der Waals surface area (Å²) in [6.45, 7) is 1.36. The van der Waals surface area contributed by atoms with Crippen molar-refractivity contribution in [1.82, 2.24) is 15.5 Å². The van der Waals surface area contributed by atoms with Crippen LogP contribution in [0.4, 0.5) is 4.39 Å². The number of ether oxygens (including phenoxy) is 1. The summed E-state index contributed by atoms with van der Waals surface area (Å²) >= 11 is 0. The summed E-state index contributed by atoms with van der Waals surface area (Å²) in [7, 11) is 0. The van der Waals surface area contributed by atoms with Gasteiger partial charge in [-0.1, -0.05) is 5.16 Å². The second kappa shape index (κ2) is 8.01. The first-order chi connectivity index (χ1) is 11.7. The molecule has 1 N–H and O–H groups in total. The summed E-state index contributed by atoms with van der Waals surface area (Å²) in [5, 5.41) is 6.76. The number of aromatic nitrogens is 2. The maximum atomic E-state index is 12.9. The molecule has 0 saturated carbocycles. The Morgan fingerprint density at radius 2 is 2.17 bits per heavy atom. The molecule has 2 heterocycles. The summed E-state index contributed by atoms with van der Waals surface area (Å²) in [5.41, 5.74) is 0.695. The first-order valence-electron chi connectivity index (χ1n) is 8.17. The number of aryl methyl sites for hydroxylation is 1. The van der Waals surface area contributed by atoms with E-state index in [2.05, 4.69) is 15.5 Å². The molecule has 1 fully saturated rings. The van der Waals surface area contributed by atoms with Crippen molar-refractivity contribution in [2.24, 2.45) is 0 Å². The maximum Gasteiger partial charge on any atom is 0.226 e. The van der Waals surface area contributed by atoms with E-state index in [1.165, 1.54) is 12.1 Å². The molecular weight excluding hydrogens is 313 g/mol. The van der Waals surface area contributed by atoms with Crippen molar-refractivity contribution in [3.8, 4) is 11.4 Å². The van der Waals surface area contributed by atoms with Gasteiger partial charge in [-0.3, -0.25) is 4.79 Å². The fraction of sp³-hybridized carbons (Fsp3) is 0.471. The third-order valence-corrected chi connectivity index (χ3v) is 3.92. The van der Waals surface area contributed by atoms with Crippen LogP contribution in [0.15, 0.2) is 28.8 Å². The van der Waals surface area contributed by atoms with Crippen LogP contribution in [0, 0.1) is 5.82 Å². The lowest BCUT2D eigenvalue weighted by atomic mass is 10.2. The molecule has 3 rings (SSSR count). The van der Waals surface area contributed by atoms with Crippen molar-refractivity contribution in [2.45, 2.75) is 38.2 Å². The molecule has 1 amide bonds. The number of hydrogen-bond acceptors (Lipinski definition) is 5. The normalized spacial score (nSPS) is 17.1. The fourth-order valence-electron chi connectivity index (χ4n) is 2.59. The van der Waals surface area contributed by atoms with Gasteiger partial charge in [-0.15, -0.1) is 0 Å². The van der Waals surface area contributed by atoms with E-state index in [0.717, 1.165) is 19.4 Å². The van der Waals surface area contributed by atoms with E-state index in [9.17, 15) is 9.18 Å². The zero-order valence-electron chi connectivity index (χ0n) is 13.3. The average molecular weight is 333 g/mol. The summed E-state index contributed by atoms with van der Waals surface area (Å²) < 4.78 is 23.5. The molecule has 2 aromatic rings. The molecule has 1 aromatic carbocycles. The van der Waals surface area contributed by atoms with Gasteiger partial charge in [-0.25, -0.2) is 4.39 Å². The van der Waals surface area contributed by atoms with Crippen LogP contribution in [0.5, 0.6) is 0 Å². The minimum absolute atomic E-state index is 0.00349. The van der Waals surface area contributed by atoms with Gasteiger partial charge in [0.15, 0.2) is 0 Å². The second-order valence-electron chi connectivity index (χ2n) is 5.81. The summed E-state index contributed by atoms with van der Waals surface area (Å²) in [6, 6.07) is 5.90. The summed E-state index contributed by atoms with van der Waals surface area (Å²) in [5.74, 6) is 0.592. The van der Waals surface area contributed by atoms with Crippen molar-refractivity contribution >= 4 is 5.91 Å².